The first-order valence-corrected chi connectivity index (χ1v) is 8.18. The van der Waals surface area contributed by atoms with Gasteiger partial charge in [0.25, 0.3) is 5.17 Å². The molecular formula is C17H18BrNO3S. The maximum absolute atomic E-state index is 10.2. The van der Waals surface area contributed by atoms with E-state index >= 15 is 0 Å². The van der Waals surface area contributed by atoms with Gasteiger partial charge < -0.3 is 9.47 Å². The Morgan fingerprint density at radius 1 is 1.26 bits per heavy atom. The van der Waals surface area contributed by atoms with E-state index in [1.54, 1.807) is 0 Å². The molecule has 0 aliphatic rings. The van der Waals surface area contributed by atoms with Crippen LogP contribution in [0.5, 0.6) is 5.75 Å². The van der Waals surface area contributed by atoms with E-state index in [4.69, 9.17) is 21.7 Å². The topological polar surface area (TPSA) is 41.9 Å². The summed E-state index contributed by atoms with van der Waals surface area (Å²) in [7, 11) is 1.41. The highest BCUT2D eigenvalue weighted by Gasteiger charge is 2.18. The van der Waals surface area contributed by atoms with Crippen molar-refractivity contribution in [3.8, 4) is 5.75 Å². The van der Waals surface area contributed by atoms with Gasteiger partial charge in [0.2, 0.25) is 0 Å². The van der Waals surface area contributed by atoms with Gasteiger partial charge in [-0.1, -0.05) is 29.8 Å². The third-order valence-electron chi connectivity index (χ3n) is 3.34. The first kappa shape index (κ1) is 17.7. The van der Waals surface area contributed by atoms with E-state index in [0.29, 0.717) is 16.8 Å². The number of anilines is 1. The fourth-order valence-electron chi connectivity index (χ4n) is 2.21. The summed E-state index contributed by atoms with van der Waals surface area (Å²) >= 11 is 8.41. The molecule has 0 bridgehead atoms. The number of hydroxylamine groups is 1. The number of aryl methyl sites for hydroxylation is 2. The molecule has 0 amide bonds. The molecule has 0 aliphatic carbocycles. The summed E-state index contributed by atoms with van der Waals surface area (Å²) < 4.78 is 11.5. The molecule has 6 heteroatoms. The smallest absolute Gasteiger partial charge is 0.288 e. The fourth-order valence-corrected chi connectivity index (χ4v) is 2.87. The second-order valence-electron chi connectivity index (χ2n) is 5.09. The summed E-state index contributed by atoms with van der Waals surface area (Å²) in [5.41, 5.74) is 3.53. The molecule has 0 fully saturated rings. The highest BCUT2D eigenvalue weighted by molar-refractivity contribution is 9.10. The molecule has 2 aromatic rings. The number of ether oxygens (including phenoxy) is 2. The molecule has 1 N–H and O–H groups in total. The number of rotatable bonds is 4. The van der Waals surface area contributed by atoms with Crippen molar-refractivity contribution in [3.05, 3.63) is 57.6 Å². The average molecular weight is 396 g/mol. The van der Waals surface area contributed by atoms with Crippen molar-refractivity contribution in [2.75, 3.05) is 12.2 Å². The summed E-state index contributed by atoms with van der Waals surface area (Å²) in [6.07, 6.45) is 0. The Kier molecular flexibility index (Phi) is 5.98. The van der Waals surface area contributed by atoms with Crippen molar-refractivity contribution in [2.24, 2.45) is 0 Å². The predicted octanol–water partition coefficient (Wildman–Crippen LogP) is 4.77. The van der Waals surface area contributed by atoms with E-state index in [9.17, 15) is 5.21 Å². The van der Waals surface area contributed by atoms with Crippen LogP contribution in [0.4, 0.5) is 5.69 Å². The average Bonchev–Trinajstić information content (AvgIpc) is 2.52. The molecule has 23 heavy (non-hydrogen) atoms. The normalized spacial score (nSPS) is 10.3. The van der Waals surface area contributed by atoms with Crippen LogP contribution in [-0.4, -0.2) is 17.5 Å². The Morgan fingerprint density at radius 3 is 2.65 bits per heavy atom. The van der Waals surface area contributed by atoms with Crippen molar-refractivity contribution in [1.29, 1.82) is 0 Å². The molecule has 0 saturated heterocycles. The Bertz CT molecular complexity index is 721. The van der Waals surface area contributed by atoms with E-state index in [0.717, 1.165) is 21.9 Å². The molecule has 122 valence electrons. The molecule has 0 atom stereocenters. The Hall–Kier alpha value is -1.63. The first-order chi connectivity index (χ1) is 10.9. The van der Waals surface area contributed by atoms with Crippen molar-refractivity contribution in [2.45, 2.75) is 20.5 Å². The minimum atomic E-state index is -0.0373. The molecular weight excluding hydrogens is 378 g/mol. The zero-order valence-electron chi connectivity index (χ0n) is 13.2. The number of thiocarbonyl (C=S) groups is 1. The zero-order chi connectivity index (χ0) is 17.0. The van der Waals surface area contributed by atoms with E-state index in [1.165, 1.54) is 12.7 Å². The highest BCUT2D eigenvalue weighted by Crippen LogP contribution is 2.31. The van der Waals surface area contributed by atoms with Crippen LogP contribution in [0.15, 0.2) is 40.9 Å². The molecule has 0 saturated carbocycles. The minimum Gasteiger partial charge on any atom is -0.489 e. The Morgan fingerprint density at radius 2 is 2.00 bits per heavy atom. The number of methoxy groups -OCH3 is 1. The summed E-state index contributed by atoms with van der Waals surface area (Å²) in [6, 6.07) is 11.6. The molecule has 2 aromatic carbocycles. The van der Waals surface area contributed by atoms with Gasteiger partial charge in [0.1, 0.15) is 12.4 Å². The SMILES string of the molecule is COC(=S)N(O)c1c(Br)cccc1COc1ccc(C)cc1C. The fraction of sp³-hybridized carbons (Fsp3) is 0.235. The summed E-state index contributed by atoms with van der Waals surface area (Å²) in [4.78, 5) is 0. The van der Waals surface area contributed by atoms with Crippen LogP contribution in [0, 0.1) is 13.8 Å². The van der Waals surface area contributed by atoms with Crippen LogP contribution in [0.2, 0.25) is 0 Å². The van der Waals surface area contributed by atoms with Crippen LogP contribution < -0.4 is 9.80 Å². The van der Waals surface area contributed by atoms with Gasteiger partial charge in [-0.25, -0.2) is 0 Å². The number of hydrogen-bond acceptors (Lipinski definition) is 4. The van der Waals surface area contributed by atoms with Crippen LogP contribution in [0.1, 0.15) is 16.7 Å². The zero-order valence-corrected chi connectivity index (χ0v) is 15.6. The molecule has 0 aliphatic heterocycles. The number of benzene rings is 2. The molecule has 0 aromatic heterocycles. The lowest BCUT2D eigenvalue weighted by atomic mass is 10.1. The van der Waals surface area contributed by atoms with Crippen molar-refractivity contribution in [1.82, 2.24) is 0 Å². The predicted molar refractivity (Wildman–Crippen MR) is 98.3 cm³/mol. The van der Waals surface area contributed by atoms with Gasteiger partial charge in [0, 0.05) is 10.0 Å². The minimum absolute atomic E-state index is 0.0373. The lowest BCUT2D eigenvalue weighted by Crippen LogP contribution is -2.28. The van der Waals surface area contributed by atoms with Crippen molar-refractivity contribution in [3.63, 3.8) is 0 Å². The Balaban J connectivity index is 2.26. The largest absolute Gasteiger partial charge is 0.489 e. The number of nitrogens with zero attached hydrogens (tertiary/aromatic N) is 1. The number of para-hydroxylation sites is 1. The maximum Gasteiger partial charge on any atom is 0.288 e. The lowest BCUT2D eigenvalue weighted by molar-refractivity contribution is 0.263. The molecule has 0 spiro atoms. The van der Waals surface area contributed by atoms with Crippen LogP contribution >= 0.6 is 28.1 Å². The molecule has 0 heterocycles. The maximum atomic E-state index is 10.2. The van der Waals surface area contributed by atoms with Gasteiger partial charge in [0.15, 0.2) is 0 Å². The standard InChI is InChI=1S/C17H18BrNO3S/c1-11-7-8-15(12(2)9-11)22-10-13-5-4-6-14(18)16(13)19(20)17(23)21-3/h4-9,20H,10H2,1-3H3. The van der Waals surface area contributed by atoms with Gasteiger partial charge in [0.05, 0.1) is 12.8 Å². The first-order valence-electron chi connectivity index (χ1n) is 6.98. The van der Waals surface area contributed by atoms with Crippen molar-refractivity contribution >= 4 is 39.0 Å². The van der Waals surface area contributed by atoms with Gasteiger partial charge in [-0.3, -0.25) is 5.21 Å². The van der Waals surface area contributed by atoms with E-state index in [1.807, 2.05) is 44.2 Å². The molecule has 2 rings (SSSR count). The molecule has 0 radical (unpaired) electrons. The second kappa shape index (κ2) is 7.77. The van der Waals surface area contributed by atoms with Gasteiger partial charge >= 0.3 is 0 Å². The van der Waals surface area contributed by atoms with E-state index < -0.39 is 0 Å². The molecule has 4 nitrogen and oxygen atoms in total. The van der Waals surface area contributed by atoms with Gasteiger partial charge in [-0.2, -0.15) is 5.06 Å². The quantitative estimate of drug-likeness (QED) is 0.596. The lowest BCUT2D eigenvalue weighted by Gasteiger charge is -2.21. The monoisotopic (exact) mass is 395 g/mol. The van der Waals surface area contributed by atoms with E-state index in [-0.39, 0.29) is 5.17 Å². The van der Waals surface area contributed by atoms with Gasteiger partial charge in [-0.05, 0) is 59.7 Å². The van der Waals surface area contributed by atoms with Crippen LogP contribution in [-0.2, 0) is 11.3 Å². The summed E-state index contributed by atoms with van der Waals surface area (Å²) in [5, 5.41) is 11.0. The third kappa shape index (κ3) is 4.22. The highest BCUT2D eigenvalue weighted by atomic mass is 79.9. The van der Waals surface area contributed by atoms with E-state index in [2.05, 4.69) is 22.0 Å². The van der Waals surface area contributed by atoms with Crippen LogP contribution in [0.25, 0.3) is 0 Å². The number of halogens is 1. The van der Waals surface area contributed by atoms with Crippen LogP contribution in [0.3, 0.4) is 0 Å². The summed E-state index contributed by atoms with van der Waals surface area (Å²) in [5.74, 6) is 0.806. The van der Waals surface area contributed by atoms with Gasteiger partial charge in [-0.15, -0.1) is 0 Å². The third-order valence-corrected chi connectivity index (χ3v) is 4.32. The number of hydrogen-bond donors (Lipinski definition) is 1. The Labute approximate surface area is 149 Å². The van der Waals surface area contributed by atoms with Crippen molar-refractivity contribution < 1.29 is 14.7 Å². The summed E-state index contributed by atoms with van der Waals surface area (Å²) in [6.45, 7) is 4.34. The molecule has 0 unspecified atom stereocenters. The second-order valence-corrected chi connectivity index (χ2v) is 6.29.